The summed E-state index contributed by atoms with van der Waals surface area (Å²) in [5.41, 5.74) is 5.50. The number of hydrogen-bond acceptors (Lipinski definition) is 5. The second kappa shape index (κ2) is 7.77. The van der Waals surface area contributed by atoms with Crippen LogP contribution in [0.1, 0.15) is 26.4 Å². The van der Waals surface area contributed by atoms with Gasteiger partial charge in [0.2, 0.25) is 0 Å². The number of aryl methyl sites for hydroxylation is 1. The van der Waals surface area contributed by atoms with Gasteiger partial charge in [0, 0.05) is 34.3 Å². The van der Waals surface area contributed by atoms with Gasteiger partial charge in [0.25, 0.3) is 0 Å². The van der Waals surface area contributed by atoms with Gasteiger partial charge in [-0.1, -0.05) is 36.4 Å². The molecule has 0 aliphatic heterocycles. The minimum Gasteiger partial charge on any atom is -0.343 e. The maximum atomic E-state index is 13.1. The number of hydrogen-bond donors (Lipinski definition) is 0. The third-order valence-corrected chi connectivity index (χ3v) is 6.79. The molecular weight excluding hydrogens is 428 g/mol. The molecule has 1 aliphatic rings. The minimum absolute atomic E-state index is 0.0660. The number of aromatic nitrogens is 1. The molecule has 154 valence electrons. The highest BCUT2D eigenvalue weighted by Gasteiger charge is 2.32. The second-order valence-electron chi connectivity index (χ2n) is 7.58. The van der Waals surface area contributed by atoms with Gasteiger partial charge in [0.1, 0.15) is 17.7 Å². The zero-order valence-corrected chi connectivity index (χ0v) is 18.3. The van der Waals surface area contributed by atoms with Crippen molar-refractivity contribution in [2.45, 2.75) is 0 Å². The Morgan fingerprint density at radius 1 is 0.970 bits per heavy atom. The van der Waals surface area contributed by atoms with Crippen molar-refractivity contribution in [3.05, 3.63) is 93.4 Å². The molecule has 0 saturated carbocycles. The molecule has 2 aromatic carbocycles. The smallest absolute Gasteiger partial charge is 0.194 e. The zero-order chi connectivity index (χ0) is 23.1. The van der Waals surface area contributed by atoms with Gasteiger partial charge in [0.15, 0.2) is 5.78 Å². The summed E-state index contributed by atoms with van der Waals surface area (Å²) in [6.45, 7) is 0. The number of nitrogens with zero attached hydrogens (tertiary/aromatic N) is 4. The summed E-state index contributed by atoms with van der Waals surface area (Å²) >= 11 is 1.54. The molecule has 0 spiro atoms. The molecule has 33 heavy (non-hydrogen) atoms. The molecular formula is C27H14N4OS. The zero-order valence-electron chi connectivity index (χ0n) is 17.5. The highest BCUT2D eigenvalue weighted by Crippen LogP contribution is 2.41. The number of fused-ring (bicyclic) bond motifs is 2. The van der Waals surface area contributed by atoms with Gasteiger partial charge in [-0.05, 0) is 41.5 Å². The predicted molar refractivity (Wildman–Crippen MR) is 128 cm³/mol. The van der Waals surface area contributed by atoms with Gasteiger partial charge in [-0.15, -0.1) is 11.3 Å². The van der Waals surface area contributed by atoms with Crippen LogP contribution in [0.15, 0.2) is 71.8 Å². The van der Waals surface area contributed by atoms with E-state index in [1.165, 1.54) is 0 Å². The molecule has 0 amide bonds. The van der Waals surface area contributed by atoms with E-state index in [0.717, 1.165) is 26.4 Å². The molecule has 0 saturated heterocycles. The van der Waals surface area contributed by atoms with Crippen LogP contribution in [0.5, 0.6) is 0 Å². The van der Waals surface area contributed by atoms with Crippen LogP contribution in [0.2, 0.25) is 0 Å². The molecule has 0 fully saturated rings. The number of rotatable bonds is 2. The normalized spacial score (nSPS) is 13.6. The molecule has 0 atom stereocenters. The van der Waals surface area contributed by atoms with E-state index in [1.807, 2.05) is 37.4 Å². The number of carbonyl (C=O) groups excluding carboxylic acids is 1. The third kappa shape index (κ3) is 3.17. The number of allylic oxidation sites excluding steroid dienone is 3. The van der Waals surface area contributed by atoms with Crippen LogP contribution >= 0.6 is 11.3 Å². The average Bonchev–Trinajstić information content (AvgIpc) is 3.47. The molecule has 1 aliphatic carbocycles. The number of carbonyl (C=O) groups is 1. The fraction of sp³-hybridized carbons (Fsp3) is 0.0370. The highest BCUT2D eigenvalue weighted by molar-refractivity contribution is 7.19. The molecule has 0 N–H and O–H groups in total. The summed E-state index contributed by atoms with van der Waals surface area (Å²) in [4.78, 5) is 14.0. The number of benzene rings is 2. The summed E-state index contributed by atoms with van der Waals surface area (Å²) in [5, 5.41) is 28.0. The molecule has 4 aromatic rings. The van der Waals surface area contributed by atoms with E-state index in [0.29, 0.717) is 27.8 Å². The quantitative estimate of drug-likeness (QED) is 0.287. The summed E-state index contributed by atoms with van der Waals surface area (Å²) in [7, 11) is 1.98. The first kappa shape index (κ1) is 20.2. The Balaban J connectivity index is 1.62. The van der Waals surface area contributed by atoms with Crippen molar-refractivity contribution in [3.63, 3.8) is 0 Å². The Morgan fingerprint density at radius 3 is 2.30 bits per heavy atom. The molecule has 0 radical (unpaired) electrons. The van der Waals surface area contributed by atoms with Crippen molar-refractivity contribution in [2.24, 2.45) is 7.05 Å². The lowest BCUT2D eigenvalue weighted by Gasteiger charge is -2.04. The Kier molecular flexibility index (Phi) is 4.76. The van der Waals surface area contributed by atoms with E-state index < -0.39 is 0 Å². The SMILES string of the molecule is Cn1c(-c2ccc(C#N)cc2)cc2sc(/C=C3\C(=O)c4ccccc4C3=C(C#N)C#N)cc21. The second-order valence-corrected chi connectivity index (χ2v) is 8.70. The molecule has 5 nitrogen and oxygen atoms in total. The summed E-state index contributed by atoms with van der Waals surface area (Å²) in [6.07, 6.45) is 1.78. The van der Waals surface area contributed by atoms with Crippen LogP contribution in [-0.2, 0) is 7.05 Å². The van der Waals surface area contributed by atoms with Crippen molar-refractivity contribution in [3.8, 4) is 29.5 Å². The topological polar surface area (TPSA) is 93.4 Å². The molecule has 2 aromatic heterocycles. The molecule has 0 unspecified atom stereocenters. The first-order valence-corrected chi connectivity index (χ1v) is 10.9. The standard InChI is InChI=1S/C27H14N4OS/c1-31-23(17-8-6-16(13-28)7-9-17)12-25-24(31)11-19(33-25)10-22-26(18(14-29)15-30)20-4-2-3-5-21(20)27(22)32/h2-12H,1H3/b22-10-. The average molecular weight is 443 g/mol. The lowest BCUT2D eigenvalue weighted by Crippen LogP contribution is -1.95. The molecule has 6 heteroatoms. The molecule has 2 heterocycles. The van der Waals surface area contributed by atoms with E-state index in [4.69, 9.17) is 5.26 Å². The number of thiophene rings is 1. The Hall–Kier alpha value is -4.70. The van der Waals surface area contributed by atoms with Gasteiger partial charge < -0.3 is 4.57 Å². The predicted octanol–water partition coefficient (Wildman–Crippen LogP) is 5.86. The van der Waals surface area contributed by atoms with Crippen LogP contribution in [-0.4, -0.2) is 10.4 Å². The minimum atomic E-state index is -0.181. The third-order valence-electron chi connectivity index (χ3n) is 5.77. The van der Waals surface area contributed by atoms with Gasteiger partial charge >= 0.3 is 0 Å². The van der Waals surface area contributed by atoms with Gasteiger partial charge in [-0.25, -0.2) is 0 Å². The van der Waals surface area contributed by atoms with Crippen molar-refractivity contribution in [1.82, 2.24) is 4.57 Å². The van der Waals surface area contributed by atoms with E-state index in [2.05, 4.69) is 16.7 Å². The van der Waals surface area contributed by atoms with Gasteiger partial charge in [0.05, 0.1) is 21.8 Å². The van der Waals surface area contributed by atoms with E-state index in [9.17, 15) is 15.3 Å². The maximum Gasteiger partial charge on any atom is 0.194 e. The van der Waals surface area contributed by atoms with E-state index in [-0.39, 0.29) is 11.4 Å². The Bertz CT molecular complexity index is 1640. The van der Waals surface area contributed by atoms with Crippen LogP contribution in [0.4, 0.5) is 0 Å². The van der Waals surface area contributed by atoms with Crippen LogP contribution in [0.3, 0.4) is 0 Å². The van der Waals surface area contributed by atoms with Crippen LogP contribution in [0, 0.1) is 34.0 Å². The van der Waals surface area contributed by atoms with Crippen molar-refractivity contribution >= 4 is 39.0 Å². The van der Waals surface area contributed by atoms with Gasteiger partial charge in [-0.2, -0.15) is 15.8 Å². The number of nitriles is 3. The first-order chi connectivity index (χ1) is 16.0. The molecule has 0 bridgehead atoms. The fourth-order valence-corrected chi connectivity index (χ4v) is 5.26. The first-order valence-electron chi connectivity index (χ1n) is 10.1. The van der Waals surface area contributed by atoms with Crippen molar-refractivity contribution in [2.75, 3.05) is 0 Å². The summed E-state index contributed by atoms with van der Waals surface area (Å²) < 4.78 is 3.13. The van der Waals surface area contributed by atoms with Crippen molar-refractivity contribution in [1.29, 1.82) is 15.8 Å². The Labute approximate surface area is 194 Å². The Morgan fingerprint density at radius 2 is 1.67 bits per heavy atom. The van der Waals surface area contributed by atoms with E-state index >= 15 is 0 Å². The number of Topliss-reactive ketones (excluding diaryl/α,β-unsaturated/α-hetero) is 1. The van der Waals surface area contributed by atoms with Gasteiger partial charge in [-0.3, -0.25) is 4.79 Å². The van der Waals surface area contributed by atoms with E-state index in [1.54, 1.807) is 53.8 Å². The largest absolute Gasteiger partial charge is 0.343 e. The van der Waals surface area contributed by atoms with Crippen molar-refractivity contribution < 1.29 is 4.79 Å². The molecule has 5 rings (SSSR count). The summed E-state index contributed by atoms with van der Waals surface area (Å²) in [5.74, 6) is -0.181. The van der Waals surface area contributed by atoms with Crippen LogP contribution < -0.4 is 0 Å². The maximum absolute atomic E-state index is 13.1. The monoisotopic (exact) mass is 442 g/mol. The summed E-state index contributed by atoms with van der Waals surface area (Å²) in [6, 6.07) is 24.6. The lowest BCUT2D eigenvalue weighted by atomic mass is 9.99. The van der Waals surface area contributed by atoms with Crippen LogP contribution in [0.25, 0.3) is 33.1 Å². The highest BCUT2D eigenvalue weighted by atomic mass is 32.1. The lowest BCUT2D eigenvalue weighted by molar-refractivity contribution is 0.104. The number of ketones is 1. The fourth-order valence-electron chi connectivity index (χ4n) is 4.18.